The summed E-state index contributed by atoms with van der Waals surface area (Å²) >= 11 is 6.00. The minimum Gasteiger partial charge on any atom is -0.454 e. The zero-order valence-electron chi connectivity index (χ0n) is 15.7. The third-order valence-corrected chi connectivity index (χ3v) is 4.57. The predicted molar refractivity (Wildman–Crippen MR) is 107 cm³/mol. The maximum absolute atomic E-state index is 12.5. The van der Waals surface area contributed by atoms with E-state index in [1.165, 1.54) is 6.07 Å². The highest BCUT2D eigenvalue weighted by atomic mass is 35.5. The van der Waals surface area contributed by atoms with Crippen molar-refractivity contribution in [2.75, 3.05) is 13.1 Å². The highest BCUT2D eigenvalue weighted by Crippen LogP contribution is 2.20. The molecule has 0 unspecified atom stereocenters. The molecule has 0 saturated carbocycles. The first-order chi connectivity index (χ1) is 13.5. The van der Waals surface area contributed by atoms with E-state index in [4.69, 9.17) is 16.0 Å². The van der Waals surface area contributed by atoms with E-state index >= 15 is 0 Å². The van der Waals surface area contributed by atoms with E-state index in [2.05, 4.69) is 34.6 Å². The van der Waals surface area contributed by atoms with Crippen LogP contribution in [0.25, 0.3) is 10.9 Å². The van der Waals surface area contributed by atoms with Gasteiger partial charge in [-0.15, -0.1) is 0 Å². The zero-order valence-corrected chi connectivity index (χ0v) is 16.4. The summed E-state index contributed by atoms with van der Waals surface area (Å²) in [5.74, 6) is -0.223. The summed E-state index contributed by atoms with van der Waals surface area (Å²) in [5, 5.41) is 0.834. The van der Waals surface area contributed by atoms with E-state index in [1.807, 2.05) is 6.07 Å². The Bertz CT molecular complexity index is 998. The lowest BCUT2D eigenvalue weighted by Crippen LogP contribution is -2.41. The van der Waals surface area contributed by atoms with Crippen molar-refractivity contribution in [2.24, 2.45) is 0 Å². The highest BCUT2D eigenvalue weighted by Gasteiger charge is 2.16. The molecule has 0 aliphatic heterocycles. The summed E-state index contributed by atoms with van der Waals surface area (Å²) in [5.41, 5.74) is 5.67. The van der Waals surface area contributed by atoms with E-state index in [9.17, 15) is 9.59 Å². The number of nitrogens with one attached hydrogen (secondary N) is 2. The molecule has 2 N–H and O–H groups in total. The zero-order chi connectivity index (χ0) is 20.1. The van der Waals surface area contributed by atoms with Gasteiger partial charge >= 0.3 is 5.91 Å². The van der Waals surface area contributed by atoms with E-state index < -0.39 is 11.8 Å². The molecule has 0 aliphatic rings. The van der Waals surface area contributed by atoms with Crippen molar-refractivity contribution in [3.8, 4) is 0 Å². The average molecular weight is 401 g/mol. The second-order valence-electron chi connectivity index (χ2n) is 6.15. The summed E-state index contributed by atoms with van der Waals surface area (Å²) < 4.78 is 5.57. The van der Waals surface area contributed by atoms with Gasteiger partial charge in [0.1, 0.15) is 10.9 Å². The second kappa shape index (κ2) is 8.86. The van der Waals surface area contributed by atoms with Gasteiger partial charge in [0.05, 0.1) is 17.6 Å². The van der Waals surface area contributed by atoms with Crippen LogP contribution in [0.5, 0.6) is 0 Å². The normalized spacial score (nSPS) is 11.0. The largest absolute Gasteiger partial charge is 0.454 e. The summed E-state index contributed by atoms with van der Waals surface area (Å²) in [6.45, 7) is 6.51. The number of rotatable bonds is 6. The minimum absolute atomic E-state index is 0.125. The first kappa shape index (κ1) is 19.9. The number of carbonyl (C=O) groups excluding carboxylic acids is 2. The van der Waals surface area contributed by atoms with E-state index in [1.54, 1.807) is 30.3 Å². The monoisotopic (exact) mass is 400 g/mol. The quantitative estimate of drug-likeness (QED) is 0.489. The maximum Gasteiger partial charge on any atom is 0.305 e. The Morgan fingerprint density at radius 2 is 1.79 bits per heavy atom. The Hall–Kier alpha value is -2.90. The second-order valence-corrected chi connectivity index (χ2v) is 6.53. The van der Waals surface area contributed by atoms with Crippen LogP contribution in [0.15, 0.2) is 46.9 Å². The van der Waals surface area contributed by atoms with Crippen LogP contribution < -0.4 is 10.9 Å². The van der Waals surface area contributed by atoms with Gasteiger partial charge in [-0.25, -0.2) is 4.98 Å². The molecule has 0 atom stereocenters. The van der Waals surface area contributed by atoms with Crippen molar-refractivity contribution >= 4 is 34.3 Å². The summed E-state index contributed by atoms with van der Waals surface area (Å²) in [4.78, 5) is 31.2. The van der Waals surface area contributed by atoms with E-state index in [-0.39, 0.29) is 10.9 Å². The molecule has 0 bridgehead atoms. The van der Waals surface area contributed by atoms with Crippen LogP contribution in [0.2, 0.25) is 5.15 Å². The molecule has 2 amide bonds. The van der Waals surface area contributed by atoms with Gasteiger partial charge in [0.25, 0.3) is 5.91 Å². The molecule has 2 aromatic heterocycles. The molecule has 0 saturated heterocycles. The van der Waals surface area contributed by atoms with Gasteiger partial charge in [-0.1, -0.05) is 43.6 Å². The van der Waals surface area contributed by atoms with Crippen molar-refractivity contribution in [3.05, 3.63) is 64.7 Å². The van der Waals surface area contributed by atoms with Gasteiger partial charge in [-0.3, -0.25) is 25.3 Å². The van der Waals surface area contributed by atoms with E-state index in [0.29, 0.717) is 28.8 Å². The van der Waals surface area contributed by atoms with Crippen molar-refractivity contribution in [1.82, 2.24) is 20.7 Å². The summed E-state index contributed by atoms with van der Waals surface area (Å²) in [6.07, 6.45) is 0. The van der Waals surface area contributed by atoms with Gasteiger partial charge in [0.2, 0.25) is 0 Å². The number of amides is 2. The molecule has 28 heavy (non-hydrogen) atoms. The molecule has 0 fully saturated rings. The predicted octanol–water partition coefficient (Wildman–Crippen LogP) is 3.40. The first-order valence-electron chi connectivity index (χ1n) is 8.98. The van der Waals surface area contributed by atoms with Crippen LogP contribution >= 0.6 is 11.6 Å². The number of aromatic nitrogens is 1. The molecule has 7 nitrogen and oxygen atoms in total. The lowest BCUT2D eigenvalue weighted by atomic mass is 10.1. The van der Waals surface area contributed by atoms with Crippen LogP contribution in [0, 0.1) is 0 Å². The Labute approximate surface area is 167 Å². The van der Waals surface area contributed by atoms with E-state index in [0.717, 1.165) is 13.1 Å². The van der Waals surface area contributed by atoms with Crippen LogP contribution in [-0.4, -0.2) is 34.8 Å². The fourth-order valence-electron chi connectivity index (χ4n) is 2.83. The third-order valence-electron chi connectivity index (χ3n) is 4.38. The van der Waals surface area contributed by atoms with Gasteiger partial charge < -0.3 is 4.42 Å². The number of pyridine rings is 1. The molecule has 3 rings (SSSR count). The standard InChI is InChI=1S/C20H21ClN4O3/c1-3-25(4-2)12-13-9-10-17(28-13)20(27)24-23-19(26)15-11-18(21)22-16-8-6-5-7-14(15)16/h5-11H,3-4,12H2,1-2H3,(H,23,26)(H,24,27). The Morgan fingerprint density at radius 1 is 1.07 bits per heavy atom. The molecule has 0 spiro atoms. The number of fused-ring (bicyclic) bond motifs is 1. The van der Waals surface area contributed by atoms with Gasteiger partial charge in [-0.2, -0.15) is 0 Å². The lowest BCUT2D eigenvalue weighted by Gasteiger charge is -2.15. The van der Waals surface area contributed by atoms with Crippen molar-refractivity contribution in [1.29, 1.82) is 0 Å². The smallest absolute Gasteiger partial charge is 0.305 e. The van der Waals surface area contributed by atoms with Crippen LogP contribution in [-0.2, 0) is 6.54 Å². The van der Waals surface area contributed by atoms with Crippen LogP contribution in [0.4, 0.5) is 0 Å². The molecular formula is C20H21ClN4O3. The number of furan rings is 1. The third kappa shape index (κ3) is 4.49. The topological polar surface area (TPSA) is 87.5 Å². The molecule has 0 aliphatic carbocycles. The summed E-state index contributed by atoms with van der Waals surface area (Å²) in [7, 11) is 0. The Morgan fingerprint density at radius 3 is 2.54 bits per heavy atom. The molecule has 2 heterocycles. The van der Waals surface area contributed by atoms with Gasteiger partial charge in [-0.05, 0) is 37.4 Å². The van der Waals surface area contributed by atoms with Crippen LogP contribution in [0.3, 0.4) is 0 Å². The lowest BCUT2D eigenvalue weighted by molar-refractivity contribution is 0.0829. The van der Waals surface area contributed by atoms with Gasteiger partial charge in [0, 0.05) is 5.39 Å². The van der Waals surface area contributed by atoms with Crippen molar-refractivity contribution in [3.63, 3.8) is 0 Å². The maximum atomic E-state index is 12.5. The molecule has 146 valence electrons. The fraction of sp³-hybridized carbons (Fsp3) is 0.250. The number of halogens is 1. The molecule has 8 heteroatoms. The number of carbonyl (C=O) groups is 2. The summed E-state index contributed by atoms with van der Waals surface area (Å²) in [6, 6.07) is 11.9. The van der Waals surface area contributed by atoms with Crippen molar-refractivity contribution in [2.45, 2.75) is 20.4 Å². The molecular weight excluding hydrogens is 380 g/mol. The number of benzene rings is 1. The van der Waals surface area contributed by atoms with Crippen molar-refractivity contribution < 1.29 is 14.0 Å². The number of para-hydroxylation sites is 1. The number of hydrazine groups is 1. The molecule has 3 aromatic rings. The Balaban J connectivity index is 1.67. The Kier molecular flexibility index (Phi) is 6.28. The SMILES string of the molecule is CCN(CC)Cc1ccc(C(=O)NNC(=O)c2cc(Cl)nc3ccccc23)o1. The van der Waals surface area contributed by atoms with Gasteiger partial charge in [0.15, 0.2) is 5.76 Å². The number of nitrogens with zero attached hydrogens (tertiary/aromatic N) is 2. The number of hydrogen-bond donors (Lipinski definition) is 2. The fourth-order valence-corrected chi connectivity index (χ4v) is 3.03. The van der Waals surface area contributed by atoms with Crippen LogP contribution in [0.1, 0.15) is 40.5 Å². The molecule has 1 aromatic carbocycles. The average Bonchev–Trinajstić information content (AvgIpc) is 3.18. The highest BCUT2D eigenvalue weighted by molar-refractivity contribution is 6.30. The molecule has 0 radical (unpaired) electrons. The minimum atomic E-state index is -0.538. The number of hydrogen-bond acceptors (Lipinski definition) is 5. The first-order valence-corrected chi connectivity index (χ1v) is 9.36.